The van der Waals surface area contributed by atoms with E-state index in [0.29, 0.717) is 0 Å². The second-order valence-electron chi connectivity index (χ2n) is 4.36. The van der Waals surface area contributed by atoms with Crippen LogP contribution in [0.3, 0.4) is 0 Å². The Bertz CT molecular complexity index is 538. The van der Waals surface area contributed by atoms with Crippen LogP contribution in [0.4, 0.5) is 11.6 Å². The van der Waals surface area contributed by atoms with E-state index in [0.717, 1.165) is 34.6 Å². The standard InChI is InChI=1S/C13H19N5S/c1-5-14-11-8(2)12(18-10(4)17-11)16-9(3)13-15-6-7-19-13/h6-7,9H,5H2,1-4H3,(H2,14,16,17,18). The van der Waals surface area contributed by atoms with Gasteiger partial charge in [-0.1, -0.05) is 0 Å². The Balaban J connectivity index is 2.24. The summed E-state index contributed by atoms with van der Waals surface area (Å²) in [5.41, 5.74) is 1.04. The van der Waals surface area contributed by atoms with E-state index in [9.17, 15) is 0 Å². The second-order valence-corrected chi connectivity index (χ2v) is 5.29. The molecule has 0 amide bonds. The first-order chi connectivity index (χ1) is 9.11. The highest BCUT2D eigenvalue weighted by Crippen LogP contribution is 2.25. The van der Waals surface area contributed by atoms with Crippen LogP contribution < -0.4 is 10.6 Å². The molecule has 0 spiro atoms. The topological polar surface area (TPSA) is 62.7 Å². The van der Waals surface area contributed by atoms with Crippen molar-refractivity contribution in [3.05, 3.63) is 28.0 Å². The summed E-state index contributed by atoms with van der Waals surface area (Å²) in [6.07, 6.45) is 1.82. The molecule has 2 heterocycles. The van der Waals surface area contributed by atoms with Crippen LogP contribution in [0, 0.1) is 13.8 Å². The van der Waals surface area contributed by atoms with E-state index in [1.165, 1.54) is 0 Å². The summed E-state index contributed by atoms with van der Waals surface area (Å²) in [4.78, 5) is 13.2. The summed E-state index contributed by atoms with van der Waals surface area (Å²) in [5.74, 6) is 2.52. The molecule has 0 aromatic carbocycles. The van der Waals surface area contributed by atoms with Gasteiger partial charge in [-0.3, -0.25) is 0 Å². The van der Waals surface area contributed by atoms with Crippen LogP contribution in [0.25, 0.3) is 0 Å². The number of aryl methyl sites for hydroxylation is 1. The summed E-state index contributed by atoms with van der Waals surface area (Å²) in [5, 5.41) is 9.71. The molecule has 0 radical (unpaired) electrons. The van der Waals surface area contributed by atoms with Gasteiger partial charge in [-0.15, -0.1) is 11.3 Å². The molecular formula is C13H19N5S. The van der Waals surface area contributed by atoms with Crippen LogP contribution in [0.5, 0.6) is 0 Å². The first-order valence-corrected chi connectivity index (χ1v) is 7.24. The lowest BCUT2D eigenvalue weighted by atomic mass is 10.2. The Morgan fingerprint density at radius 1 is 1.26 bits per heavy atom. The lowest BCUT2D eigenvalue weighted by molar-refractivity contribution is 0.850. The lowest BCUT2D eigenvalue weighted by Crippen LogP contribution is -2.12. The van der Waals surface area contributed by atoms with Crippen LogP contribution >= 0.6 is 11.3 Å². The molecule has 1 unspecified atom stereocenters. The van der Waals surface area contributed by atoms with Crippen molar-refractivity contribution in [3.63, 3.8) is 0 Å². The van der Waals surface area contributed by atoms with Crippen molar-refractivity contribution in [2.45, 2.75) is 33.7 Å². The predicted octanol–water partition coefficient (Wildman–Crippen LogP) is 3.15. The van der Waals surface area contributed by atoms with Crippen molar-refractivity contribution < 1.29 is 0 Å². The maximum absolute atomic E-state index is 4.48. The largest absolute Gasteiger partial charge is 0.370 e. The highest BCUT2D eigenvalue weighted by molar-refractivity contribution is 7.09. The van der Waals surface area contributed by atoms with Crippen molar-refractivity contribution >= 4 is 23.0 Å². The Kier molecular flexibility index (Phi) is 4.31. The zero-order chi connectivity index (χ0) is 13.8. The van der Waals surface area contributed by atoms with Gasteiger partial charge in [0.05, 0.1) is 6.04 Å². The number of aromatic nitrogens is 3. The van der Waals surface area contributed by atoms with Crippen LogP contribution in [0.1, 0.15) is 36.3 Å². The first kappa shape index (κ1) is 13.7. The predicted molar refractivity (Wildman–Crippen MR) is 79.8 cm³/mol. The summed E-state index contributed by atoms with van der Waals surface area (Å²) < 4.78 is 0. The van der Waals surface area contributed by atoms with Gasteiger partial charge in [0, 0.05) is 23.7 Å². The Morgan fingerprint density at radius 2 is 2.00 bits per heavy atom. The number of nitrogens with one attached hydrogen (secondary N) is 2. The minimum atomic E-state index is 0.141. The SMILES string of the molecule is CCNc1nc(C)nc(NC(C)c2nccs2)c1C. The molecule has 6 heteroatoms. The van der Waals surface area contributed by atoms with Gasteiger partial charge in [0.25, 0.3) is 0 Å². The number of rotatable bonds is 5. The third kappa shape index (κ3) is 3.20. The fourth-order valence-electron chi connectivity index (χ4n) is 1.82. The molecule has 1 atom stereocenters. The van der Waals surface area contributed by atoms with Crippen molar-refractivity contribution in [3.8, 4) is 0 Å². The molecule has 5 nitrogen and oxygen atoms in total. The Morgan fingerprint density at radius 3 is 2.63 bits per heavy atom. The molecule has 0 bridgehead atoms. The van der Waals surface area contributed by atoms with E-state index in [-0.39, 0.29) is 6.04 Å². The monoisotopic (exact) mass is 277 g/mol. The molecule has 0 aliphatic heterocycles. The Labute approximate surface area is 117 Å². The van der Waals surface area contributed by atoms with Crippen LogP contribution in [0.2, 0.25) is 0 Å². The van der Waals surface area contributed by atoms with E-state index >= 15 is 0 Å². The molecule has 2 aromatic rings. The van der Waals surface area contributed by atoms with Gasteiger partial charge in [-0.25, -0.2) is 15.0 Å². The van der Waals surface area contributed by atoms with E-state index in [4.69, 9.17) is 0 Å². The quantitative estimate of drug-likeness (QED) is 0.879. The molecule has 2 N–H and O–H groups in total. The van der Waals surface area contributed by atoms with Gasteiger partial charge < -0.3 is 10.6 Å². The normalized spacial score (nSPS) is 12.2. The molecule has 0 fully saturated rings. The van der Waals surface area contributed by atoms with Crippen molar-refractivity contribution in [2.75, 3.05) is 17.2 Å². The zero-order valence-corrected chi connectivity index (χ0v) is 12.5. The second kappa shape index (κ2) is 5.97. The molecule has 0 aliphatic carbocycles. The highest BCUT2D eigenvalue weighted by Gasteiger charge is 2.13. The molecule has 2 rings (SSSR count). The molecule has 102 valence electrons. The summed E-state index contributed by atoms with van der Waals surface area (Å²) >= 11 is 1.64. The number of anilines is 2. The minimum absolute atomic E-state index is 0.141. The Hall–Kier alpha value is -1.69. The third-order valence-electron chi connectivity index (χ3n) is 2.78. The van der Waals surface area contributed by atoms with E-state index in [1.807, 2.05) is 25.4 Å². The number of thiazole rings is 1. The summed E-state index contributed by atoms with van der Waals surface area (Å²) in [6, 6.07) is 0.141. The molecule has 0 aliphatic rings. The number of nitrogens with zero attached hydrogens (tertiary/aromatic N) is 3. The summed E-state index contributed by atoms with van der Waals surface area (Å²) in [7, 11) is 0. The van der Waals surface area contributed by atoms with Crippen LogP contribution in [-0.2, 0) is 0 Å². The highest BCUT2D eigenvalue weighted by atomic mass is 32.1. The fraction of sp³-hybridized carbons (Fsp3) is 0.462. The average Bonchev–Trinajstić information content (AvgIpc) is 2.89. The van der Waals surface area contributed by atoms with Gasteiger partial charge in [-0.2, -0.15) is 0 Å². The van der Waals surface area contributed by atoms with Gasteiger partial charge in [0.2, 0.25) is 0 Å². The molecule has 0 saturated carbocycles. The van der Waals surface area contributed by atoms with E-state index < -0.39 is 0 Å². The molecule has 0 saturated heterocycles. The minimum Gasteiger partial charge on any atom is -0.370 e. The van der Waals surface area contributed by atoms with Crippen molar-refractivity contribution in [2.24, 2.45) is 0 Å². The number of hydrogen-bond acceptors (Lipinski definition) is 6. The lowest BCUT2D eigenvalue weighted by Gasteiger charge is -2.16. The first-order valence-electron chi connectivity index (χ1n) is 6.36. The van der Waals surface area contributed by atoms with Gasteiger partial charge in [-0.05, 0) is 27.7 Å². The van der Waals surface area contributed by atoms with Gasteiger partial charge >= 0.3 is 0 Å². The number of hydrogen-bond donors (Lipinski definition) is 2. The van der Waals surface area contributed by atoms with Gasteiger partial charge in [0.1, 0.15) is 22.5 Å². The maximum atomic E-state index is 4.48. The van der Waals surface area contributed by atoms with Crippen LogP contribution in [-0.4, -0.2) is 21.5 Å². The average molecular weight is 277 g/mol. The van der Waals surface area contributed by atoms with E-state index in [2.05, 4.69) is 39.4 Å². The van der Waals surface area contributed by atoms with Gasteiger partial charge in [0.15, 0.2) is 0 Å². The molecule has 19 heavy (non-hydrogen) atoms. The third-order valence-corrected chi connectivity index (χ3v) is 3.74. The maximum Gasteiger partial charge on any atom is 0.135 e. The smallest absolute Gasteiger partial charge is 0.135 e. The van der Waals surface area contributed by atoms with Crippen LogP contribution in [0.15, 0.2) is 11.6 Å². The van der Waals surface area contributed by atoms with Crippen molar-refractivity contribution in [1.82, 2.24) is 15.0 Å². The molecule has 2 aromatic heterocycles. The van der Waals surface area contributed by atoms with E-state index in [1.54, 1.807) is 11.3 Å². The summed E-state index contributed by atoms with van der Waals surface area (Å²) in [6.45, 7) is 8.91. The zero-order valence-electron chi connectivity index (χ0n) is 11.7. The fourth-order valence-corrected chi connectivity index (χ4v) is 2.47. The van der Waals surface area contributed by atoms with Crippen molar-refractivity contribution in [1.29, 1.82) is 0 Å². The molecular weight excluding hydrogens is 258 g/mol.